The predicted octanol–water partition coefficient (Wildman–Crippen LogP) is 4.03. The van der Waals surface area contributed by atoms with E-state index in [-0.39, 0.29) is 5.92 Å². The van der Waals surface area contributed by atoms with E-state index in [4.69, 9.17) is 28.3 Å². The van der Waals surface area contributed by atoms with Crippen LogP contribution in [-0.2, 0) is 4.79 Å². The Balaban J connectivity index is 2.25. The maximum Gasteiger partial charge on any atom is 0.326 e. The van der Waals surface area contributed by atoms with Gasteiger partial charge in [0.05, 0.1) is 15.7 Å². The highest BCUT2D eigenvalue weighted by molar-refractivity contribution is 9.10. The van der Waals surface area contributed by atoms with E-state index in [1.807, 2.05) is 0 Å². The molecule has 0 radical (unpaired) electrons. The topological polar surface area (TPSA) is 49.3 Å². The number of halogens is 3. The summed E-state index contributed by atoms with van der Waals surface area (Å²) in [6.07, 6.45) is 1.85. The van der Waals surface area contributed by atoms with Gasteiger partial charge in [-0.2, -0.15) is 0 Å². The molecule has 3 nitrogen and oxygen atoms in total. The number of nitrogens with one attached hydrogen (secondary N) is 1. The minimum Gasteiger partial charge on any atom is -0.480 e. The quantitative estimate of drug-likeness (QED) is 0.871. The molecule has 0 heterocycles. The monoisotopic (exact) mass is 337 g/mol. The Morgan fingerprint density at radius 3 is 2.35 bits per heavy atom. The Morgan fingerprint density at radius 1 is 1.41 bits per heavy atom. The molecule has 17 heavy (non-hydrogen) atoms. The Morgan fingerprint density at radius 2 is 1.94 bits per heavy atom. The van der Waals surface area contributed by atoms with E-state index < -0.39 is 12.0 Å². The van der Waals surface area contributed by atoms with E-state index in [1.54, 1.807) is 12.1 Å². The molecule has 1 aliphatic carbocycles. The van der Waals surface area contributed by atoms with E-state index in [1.165, 1.54) is 0 Å². The third-order valence-electron chi connectivity index (χ3n) is 2.67. The summed E-state index contributed by atoms with van der Waals surface area (Å²) in [5.74, 6) is -0.703. The lowest BCUT2D eigenvalue weighted by Gasteiger charge is -2.17. The van der Waals surface area contributed by atoms with E-state index in [0.29, 0.717) is 15.7 Å². The van der Waals surface area contributed by atoms with Crippen LogP contribution < -0.4 is 5.32 Å². The fourth-order valence-electron chi connectivity index (χ4n) is 1.65. The van der Waals surface area contributed by atoms with Gasteiger partial charge in [-0.15, -0.1) is 0 Å². The molecule has 1 fully saturated rings. The first-order valence-corrected chi connectivity index (χ1v) is 6.68. The second-order valence-electron chi connectivity index (χ2n) is 4.04. The molecule has 92 valence electrons. The number of hydrogen-bond acceptors (Lipinski definition) is 2. The van der Waals surface area contributed by atoms with Crippen LogP contribution in [-0.4, -0.2) is 17.1 Å². The third-order valence-corrected chi connectivity index (χ3v) is 3.72. The van der Waals surface area contributed by atoms with Gasteiger partial charge in [0.15, 0.2) is 0 Å². The summed E-state index contributed by atoms with van der Waals surface area (Å²) in [7, 11) is 0. The molecule has 1 aliphatic rings. The Labute approximate surface area is 117 Å². The maximum absolute atomic E-state index is 11.1. The van der Waals surface area contributed by atoms with Gasteiger partial charge < -0.3 is 10.4 Å². The Hall–Kier alpha value is -0.450. The van der Waals surface area contributed by atoms with Gasteiger partial charge in [-0.1, -0.05) is 39.1 Å². The van der Waals surface area contributed by atoms with Crippen molar-refractivity contribution in [2.24, 2.45) is 5.92 Å². The van der Waals surface area contributed by atoms with E-state index >= 15 is 0 Å². The van der Waals surface area contributed by atoms with E-state index in [2.05, 4.69) is 21.2 Å². The molecule has 6 heteroatoms. The van der Waals surface area contributed by atoms with Crippen LogP contribution in [0.1, 0.15) is 12.8 Å². The number of carboxylic acids is 1. The first-order valence-electron chi connectivity index (χ1n) is 5.13. The lowest BCUT2D eigenvalue weighted by molar-refractivity contribution is -0.138. The first-order chi connectivity index (χ1) is 7.99. The summed E-state index contributed by atoms with van der Waals surface area (Å²) in [5, 5.41) is 12.9. The highest BCUT2D eigenvalue weighted by Gasteiger charge is 2.36. The second-order valence-corrected chi connectivity index (χ2v) is 5.77. The molecule has 0 spiro atoms. The van der Waals surface area contributed by atoms with Crippen molar-refractivity contribution < 1.29 is 9.90 Å². The fourth-order valence-corrected chi connectivity index (χ4v) is 2.96. The van der Waals surface area contributed by atoms with E-state index in [0.717, 1.165) is 17.3 Å². The summed E-state index contributed by atoms with van der Waals surface area (Å²) in [6.45, 7) is 0. The third kappa shape index (κ3) is 3.06. The molecule has 1 unspecified atom stereocenters. The second kappa shape index (κ2) is 5.04. The molecule has 0 aromatic heterocycles. The van der Waals surface area contributed by atoms with Crippen molar-refractivity contribution in [1.29, 1.82) is 0 Å². The minimum atomic E-state index is -0.873. The van der Waals surface area contributed by atoms with Crippen LogP contribution >= 0.6 is 39.1 Å². The zero-order valence-corrected chi connectivity index (χ0v) is 11.8. The molecule has 1 atom stereocenters. The zero-order chi connectivity index (χ0) is 12.6. The van der Waals surface area contributed by atoms with Gasteiger partial charge in [-0.05, 0) is 30.9 Å². The average Bonchev–Trinajstić information content (AvgIpc) is 2.99. The molecule has 2 N–H and O–H groups in total. The maximum atomic E-state index is 11.1. The van der Waals surface area contributed by atoms with Crippen molar-refractivity contribution in [3.63, 3.8) is 0 Å². The summed E-state index contributed by atoms with van der Waals surface area (Å²) in [6, 6.07) is 2.74. The summed E-state index contributed by atoms with van der Waals surface area (Å²) >= 11 is 15.3. The molecule has 2 rings (SSSR count). The van der Waals surface area contributed by atoms with Crippen LogP contribution in [0.3, 0.4) is 0 Å². The SMILES string of the molecule is O=C(O)C(Nc1c(Cl)cc(Br)cc1Cl)C1CC1. The van der Waals surface area contributed by atoms with Gasteiger partial charge in [0.1, 0.15) is 6.04 Å². The van der Waals surface area contributed by atoms with Gasteiger partial charge >= 0.3 is 5.97 Å². The number of rotatable bonds is 4. The molecular formula is C11H10BrCl2NO2. The van der Waals surface area contributed by atoms with Crippen LogP contribution in [0, 0.1) is 5.92 Å². The van der Waals surface area contributed by atoms with Crippen molar-refractivity contribution in [3.8, 4) is 0 Å². The molecule has 0 saturated heterocycles. The number of benzene rings is 1. The predicted molar refractivity (Wildman–Crippen MR) is 71.9 cm³/mol. The standard InChI is InChI=1S/C11H10BrCl2NO2/c12-6-3-7(13)10(8(14)4-6)15-9(11(16)17)5-1-2-5/h3-5,9,15H,1-2H2,(H,16,17). The summed E-state index contributed by atoms with van der Waals surface area (Å²) in [5.41, 5.74) is 0.482. The fraction of sp³-hybridized carbons (Fsp3) is 0.364. The lowest BCUT2D eigenvalue weighted by Crippen LogP contribution is -2.31. The van der Waals surface area contributed by atoms with Gasteiger partial charge in [-0.3, -0.25) is 0 Å². The largest absolute Gasteiger partial charge is 0.480 e. The number of carbonyl (C=O) groups is 1. The van der Waals surface area contributed by atoms with Crippen LogP contribution in [0.2, 0.25) is 10.0 Å². The van der Waals surface area contributed by atoms with Gasteiger partial charge in [0.2, 0.25) is 0 Å². The average molecular weight is 339 g/mol. The molecule has 0 aliphatic heterocycles. The van der Waals surface area contributed by atoms with E-state index in [9.17, 15) is 4.79 Å². The Bertz CT molecular complexity index is 440. The molecule has 0 amide bonds. The molecule has 0 bridgehead atoms. The van der Waals surface area contributed by atoms with Crippen LogP contribution in [0.4, 0.5) is 5.69 Å². The van der Waals surface area contributed by atoms with Gasteiger partial charge in [-0.25, -0.2) is 4.79 Å². The minimum absolute atomic E-state index is 0.170. The van der Waals surface area contributed by atoms with Gasteiger partial charge in [0.25, 0.3) is 0 Å². The molecule has 1 aromatic rings. The van der Waals surface area contributed by atoms with Crippen molar-refractivity contribution >= 4 is 50.8 Å². The normalized spacial score (nSPS) is 16.6. The number of hydrogen-bond donors (Lipinski definition) is 2. The summed E-state index contributed by atoms with van der Waals surface area (Å²) < 4.78 is 0.761. The highest BCUT2D eigenvalue weighted by atomic mass is 79.9. The summed E-state index contributed by atoms with van der Waals surface area (Å²) in [4.78, 5) is 11.1. The van der Waals surface area contributed by atoms with Crippen molar-refractivity contribution in [2.75, 3.05) is 5.32 Å². The van der Waals surface area contributed by atoms with Gasteiger partial charge in [0, 0.05) is 4.47 Å². The smallest absolute Gasteiger partial charge is 0.326 e. The Kier molecular flexibility index (Phi) is 3.85. The van der Waals surface area contributed by atoms with Crippen molar-refractivity contribution in [2.45, 2.75) is 18.9 Å². The van der Waals surface area contributed by atoms with Crippen LogP contribution in [0.25, 0.3) is 0 Å². The number of aliphatic carboxylic acids is 1. The lowest BCUT2D eigenvalue weighted by atomic mass is 10.1. The number of anilines is 1. The number of carboxylic acid groups (broad SMARTS) is 1. The first kappa shape index (κ1) is 13.0. The van der Waals surface area contributed by atoms with Crippen molar-refractivity contribution in [3.05, 3.63) is 26.7 Å². The van der Waals surface area contributed by atoms with Crippen molar-refractivity contribution in [1.82, 2.24) is 0 Å². The zero-order valence-electron chi connectivity index (χ0n) is 8.71. The highest BCUT2D eigenvalue weighted by Crippen LogP contribution is 2.39. The van der Waals surface area contributed by atoms with Crippen LogP contribution in [0.15, 0.2) is 16.6 Å². The molecule has 1 saturated carbocycles. The molecule has 1 aromatic carbocycles. The molecular weight excluding hydrogens is 329 g/mol. The van der Waals surface area contributed by atoms with Crippen LogP contribution in [0.5, 0.6) is 0 Å².